The monoisotopic (exact) mass is 66.1 g/mol. The molecular formula is C4H7B. The van der Waals surface area contributed by atoms with Crippen molar-refractivity contribution in [3.8, 4) is 0 Å². The van der Waals surface area contributed by atoms with Crippen molar-refractivity contribution in [1.29, 1.82) is 0 Å². The van der Waals surface area contributed by atoms with Gasteiger partial charge in [0.25, 0.3) is 0 Å². The summed E-state index contributed by atoms with van der Waals surface area (Å²) in [6.45, 7) is 2.19. The molecular weight excluding hydrogens is 58.9 g/mol. The minimum absolute atomic E-state index is 1.28. The van der Waals surface area contributed by atoms with Gasteiger partial charge in [0.1, 0.15) is 7.28 Å². The lowest BCUT2D eigenvalue weighted by Crippen LogP contribution is -1.69. The summed E-state index contributed by atoms with van der Waals surface area (Å²) in [6, 6.07) is 0. The highest BCUT2D eigenvalue weighted by Gasteiger charge is 2.01. The molecule has 0 saturated carbocycles. The van der Waals surface area contributed by atoms with Gasteiger partial charge in [0.05, 0.1) is 0 Å². The highest BCUT2D eigenvalue weighted by Crippen LogP contribution is 2.14. The van der Waals surface area contributed by atoms with Crippen LogP contribution in [0.5, 0.6) is 0 Å². The summed E-state index contributed by atoms with van der Waals surface area (Å²) in [5.41, 5.74) is 1.63. The Hall–Kier alpha value is -0.195. The molecule has 0 nitrogen and oxygen atoms in total. The van der Waals surface area contributed by atoms with E-state index in [0.717, 1.165) is 0 Å². The van der Waals surface area contributed by atoms with Gasteiger partial charge in [0, 0.05) is 0 Å². The Labute approximate surface area is 33.1 Å². The third-order valence-corrected chi connectivity index (χ3v) is 0.947. The van der Waals surface area contributed by atoms with Crippen LogP contribution in [-0.4, -0.2) is 7.28 Å². The second kappa shape index (κ2) is 0.888. The molecule has 0 aromatic rings. The number of hydrogen-bond donors (Lipinski definition) is 0. The molecule has 0 radical (unpaired) electrons. The average molecular weight is 65.9 g/mol. The maximum absolute atomic E-state index is 2.26. The van der Waals surface area contributed by atoms with Crippen LogP contribution in [0.1, 0.15) is 6.42 Å². The van der Waals surface area contributed by atoms with Crippen LogP contribution in [0.2, 0.25) is 6.82 Å². The average Bonchev–Trinajstić information content (AvgIpc) is 2.12. The molecule has 0 unspecified atom stereocenters. The normalized spacial score (nSPS) is 17.4. The molecule has 0 saturated heterocycles. The number of hydrogen-bond acceptors (Lipinski definition) is 0. The highest BCUT2D eigenvalue weighted by atomic mass is 14.0. The Morgan fingerprint density at radius 3 is 2.60 bits per heavy atom. The van der Waals surface area contributed by atoms with Crippen molar-refractivity contribution in [1.82, 2.24) is 0 Å². The van der Waals surface area contributed by atoms with Crippen molar-refractivity contribution < 1.29 is 0 Å². The van der Waals surface area contributed by atoms with E-state index in [1.54, 1.807) is 5.47 Å². The Morgan fingerprint density at radius 1 is 2.00 bits per heavy atom. The molecule has 0 heterocycles. The smallest absolute Gasteiger partial charge is 0.106 e. The second-order valence-electron chi connectivity index (χ2n) is 1.42. The van der Waals surface area contributed by atoms with Gasteiger partial charge in [-0.1, -0.05) is 12.9 Å². The Morgan fingerprint density at radius 2 is 2.60 bits per heavy atom. The summed E-state index contributed by atoms with van der Waals surface area (Å²) in [4.78, 5) is 0. The molecule has 1 aliphatic rings. The van der Waals surface area contributed by atoms with Crippen LogP contribution >= 0.6 is 0 Å². The fourth-order valence-corrected chi connectivity index (χ4v) is 0.361. The molecule has 0 atom stereocenters. The second-order valence-corrected chi connectivity index (χ2v) is 1.42. The van der Waals surface area contributed by atoms with Crippen LogP contribution in [0.25, 0.3) is 0 Å². The van der Waals surface area contributed by atoms with Gasteiger partial charge in [-0.2, -0.15) is 0 Å². The molecule has 0 aromatic carbocycles. The van der Waals surface area contributed by atoms with Crippen LogP contribution in [0, 0.1) is 0 Å². The van der Waals surface area contributed by atoms with Gasteiger partial charge in [0.15, 0.2) is 0 Å². The van der Waals surface area contributed by atoms with Crippen LogP contribution in [0.4, 0.5) is 0 Å². The topological polar surface area (TPSA) is 0 Å². The first kappa shape index (κ1) is 3.01. The van der Waals surface area contributed by atoms with Gasteiger partial charge in [-0.3, -0.25) is 0 Å². The summed E-state index contributed by atoms with van der Waals surface area (Å²) in [5.74, 6) is 0. The van der Waals surface area contributed by atoms with Gasteiger partial charge in [-0.15, -0.1) is 5.47 Å². The third-order valence-electron chi connectivity index (χ3n) is 0.947. The van der Waals surface area contributed by atoms with Crippen molar-refractivity contribution in [2.45, 2.75) is 13.2 Å². The molecule has 0 aliphatic heterocycles. The van der Waals surface area contributed by atoms with Gasteiger partial charge < -0.3 is 0 Å². The van der Waals surface area contributed by atoms with E-state index in [0.29, 0.717) is 0 Å². The third kappa shape index (κ3) is 0.537. The number of allylic oxidation sites excluding steroid dienone is 2. The molecule has 0 amide bonds. The molecule has 1 rings (SSSR count). The van der Waals surface area contributed by atoms with Gasteiger partial charge in [0.2, 0.25) is 0 Å². The van der Waals surface area contributed by atoms with Crippen LogP contribution < -0.4 is 0 Å². The molecule has 0 spiro atoms. The van der Waals surface area contributed by atoms with Crippen LogP contribution in [-0.2, 0) is 0 Å². The predicted molar refractivity (Wildman–Crippen MR) is 25.7 cm³/mol. The zero-order chi connectivity index (χ0) is 3.70. The van der Waals surface area contributed by atoms with Gasteiger partial charge in [-0.25, -0.2) is 0 Å². The zero-order valence-corrected chi connectivity index (χ0v) is 3.49. The van der Waals surface area contributed by atoms with Gasteiger partial charge in [-0.05, 0) is 6.42 Å². The molecule has 0 N–H and O–H groups in total. The Kier molecular flexibility index (Phi) is 0.535. The van der Waals surface area contributed by atoms with E-state index < -0.39 is 0 Å². The minimum Gasteiger partial charge on any atom is -0.106 e. The standard InChI is InChI=1S/C4H7B/c1-5-4-2-3-4/h2,5H,3H2,1H3. The quantitative estimate of drug-likeness (QED) is 0.396. The molecule has 0 fully saturated rings. The molecule has 0 aromatic heterocycles. The number of rotatable bonds is 1. The molecule has 26 valence electrons. The van der Waals surface area contributed by atoms with E-state index in [1.807, 2.05) is 0 Å². The maximum atomic E-state index is 2.26. The SMILES string of the molecule is CBC1=CC1. The van der Waals surface area contributed by atoms with Crippen molar-refractivity contribution >= 4 is 7.28 Å². The summed E-state index contributed by atoms with van der Waals surface area (Å²) in [5, 5.41) is 0. The van der Waals surface area contributed by atoms with Crippen molar-refractivity contribution in [3.05, 3.63) is 11.5 Å². The lowest BCUT2D eigenvalue weighted by Gasteiger charge is -1.63. The van der Waals surface area contributed by atoms with E-state index in [4.69, 9.17) is 0 Å². The summed E-state index contributed by atoms with van der Waals surface area (Å²) in [6.07, 6.45) is 3.57. The van der Waals surface area contributed by atoms with E-state index in [2.05, 4.69) is 12.9 Å². The van der Waals surface area contributed by atoms with Crippen LogP contribution in [0.3, 0.4) is 0 Å². The van der Waals surface area contributed by atoms with Crippen molar-refractivity contribution in [3.63, 3.8) is 0 Å². The summed E-state index contributed by atoms with van der Waals surface area (Å²) < 4.78 is 0. The summed E-state index contributed by atoms with van der Waals surface area (Å²) in [7, 11) is 1.28. The Bertz CT molecular complexity index is 64.0. The highest BCUT2D eigenvalue weighted by molar-refractivity contribution is 6.45. The first-order valence-corrected chi connectivity index (χ1v) is 2.11. The van der Waals surface area contributed by atoms with Gasteiger partial charge >= 0.3 is 0 Å². The Balaban J connectivity index is 2.22. The first-order valence-electron chi connectivity index (χ1n) is 2.11. The zero-order valence-electron chi connectivity index (χ0n) is 3.49. The van der Waals surface area contributed by atoms with Crippen LogP contribution in [0.15, 0.2) is 11.5 Å². The minimum atomic E-state index is 1.28. The molecule has 5 heavy (non-hydrogen) atoms. The van der Waals surface area contributed by atoms with Crippen molar-refractivity contribution in [2.75, 3.05) is 0 Å². The fourth-order valence-electron chi connectivity index (χ4n) is 0.361. The maximum Gasteiger partial charge on any atom is 0.149 e. The largest absolute Gasteiger partial charge is 0.149 e. The molecule has 0 bridgehead atoms. The predicted octanol–water partition coefficient (Wildman–Crippen LogP) is 0.759. The lowest BCUT2D eigenvalue weighted by molar-refractivity contribution is 1.66. The lowest BCUT2D eigenvalue weighted by atomic mass is 9.79. The first-order chi connectivity index (χ1) is 2.43. The van der Waals surface area contributed by atoms with E-state index >= 15 is 0 Å². The van der Waals surface area contributed by atoms with E-state index in [9.17, 15) is 0 Å². The van der Waals surface area contributed by atoms with Crippen molar-refractivity contribution in [2.24, 2.45) is 0 Å². The fraction of sp³-hybridized carbons (Fsp3) is 0.500. The summed E-state index contributed by atoms with van der Waals surface area (Å²) >= 11 is 0. The molecule has 1 aliphatic carbocycles. The van der Waals surface area contributed by atoms with E-state index in [1.165, 1.54) is 13.7 Å². The van der Waals surface area contributed by atoms with E-state index in [-0.39, 0.29) is 0 Å². The molecule has 1 heteroatoms.